The van der Waals surface area contributed by atoms with Crippen LogP contribution in [0, 0.1) is 5.92 Å². The molecule has 2 heterocycles. The van der Waals surface area contributed by atoms with Crippen molar-refractivity contribution in [2.45, 2.75) is 26.3 Å². The van der Waals surface area contributed by atoms with Crippen molar-refractivity contribution in [1.29, 1.82) is 0 Å². The van der Waals surface area contributed by atoms with Crippen molar-refractivity contribution in [2.75, 3.05) is 18.8 Å². The van der Waals surface area contributed by atoms with Crippen molar-refractivity contribution in [3.05, 3.63) is 23.9 Å². The van der Waals surface area contributed by atoms with E-state index in [0.717, 1.165) is 18.0 Å². The Bertz CT molecular complexity index is 316. The average molecular weight is 205 g/mol. The third-order valence-corrected chi connectivity index (χ3v) is 3.20. The van der Waals surface area contributed by atoms with E-state index < -0.39 is 0 Å². The zero-order valence-corrected chi connectivity index (χ0v) is 9.32. The van der Waals surface area contributed by atoms with E-state index in [-0.39, 0.29) is 0 Å². The fraction of sp³-hybridized carbons (Fsp3) is 0.583. The largest absolute Gasteiger partial charge is 0.383 e. The Labute approximate surface area is 91.3 Å². The van der Waals surface area contributed by atoms with Gasteiger partial charge < -0.3 is 5.73 Å². The predicted molar refractivity (Wildman–Crippen MR) is 62.3 cm³/mol. The first-order valence-electron chi connectivity index (χ1n) is 5.67. The molecular formula is C12H19N3. The van der Waals surface area contributed by atoms with E-state index in [1.54, 1.807) is 6.20 Å². The molecule has 82 valence electrons. The number of nitrogen functional groups attached to an aromatic ring is 1. The van der Waals surface area contributed by atoms with Crippen LogP contribution in [-0.4, -0.2) is 23.0 Å². The number of anilines is 1. The van der Waals surface area contributed by atoms with Crippen LogP contribution in [0.5, 0.6) is 0 Å². The van der Waals surface area contributed by atoms with Crippen LogP contribution < -0.4 is 5.73 Å². The second-order valence-electron chi connectivity index (χ2n) is 4.51. The number of piperidine rings is 1. The second kappa shape index (κ2) is 4.62. The van der Waals surface area contributed by atoms with E-state index in [2.05, 4.69) is 22.9 Å². The average Bonchev–Trinajstić information content (AvgIpc) is 2.25. The van der Waals surface area contributed by atoms with E-state index in [1.807, 2.05) is 6.07 Å². The van der Waals surface area contributed by atoms with Gasteiger partial charge in [-0.15, -0.1) is 0 Å². The Morgan fingerprint density at radius 3 is 2.87 bits per heavy atom. The van der Waals surface area contributed by atoms with Gasteiger partial charge in [0.2, 0.25) is 0 Å². The van der Waals surface area contributed by atoms with Crippen molar-refractivity contribution in [1.82, 2.24) is 9.88 Å². The standard InChI is InChI=1S/C12H19N3/c1-10-4-7-15(8-5-10)9-11-3-2-6-14-12(11)13/h2-3,6,10H,4-5,7-9H2,1H3,(H2,13,14). The van der Waals surface area contributed by atoms with Crippen molar-refractivity contribution in [3.63, 3.8) is 0 Å². The van der Waals surface area contributed by atoms with Crippen LogP contribution in [0.3, 0.4) is 0 Å². The molecule has 0 saturated carbocycles. The minimum absolute atomic E-state index is 0.677. The summed E-state index contributed by atoms with van der Waals surface area (Å²) >= 11 is 0. The molecule has 0 aliphatic carbocycles. The molecule has 0 atom stereocenters. The number of hydrogen-bond donors (Lipinski definition) is 1. The normalized spacial score (nSPS) is 19.3. The zero-order chi connectivity index (χ0) is 10.7. The summed E-state index contributed by atoms with van der Waals surface area (Å²) in [6.45, 7) is 5.66. The number of pyridine rings is 1. The predicted octanol–water partition coefficient (Wildman–Crippen LogP) is 1.90. The molecule has 1 fully saturated rings. The molecular weight excluding hydrogens is 186 g/mol. The summed E-state index contributed by atoms with van der Waals surface area (Å²) in [5.41, 5.74) is 6.99. The number of likely N-dealkylation sites (tertiary alicyclic amines) is 1. The van der Waals surface area contributed by atoms with Gasteiger partial charge in [-0.1, -0.05) is 13.0 Å². The van der Waals surface area contributed by atoms with Gasteiger partial charge in [-0.2, -0.15) is 0 Å². The highest BCUT2D eigenvalue weighted by Crippen LogP contribution is 2.19. The second-order valence-corrected chi connectivity index (χ2v) is 4.51. The molecule has 15 heavy (non-hydrogen) atoms. The Morgan fingerprint density at radius 1 is 1.47 bits per heavy atom. The lowest BCUT2D eigenvalue weighted by Crippen LogP contribution is -2.32. The van der Waals surface area contributed by atoms with Gasteiger partial charge in [-0.3, -0.25) is 4.90 Å². The van der Waals surface area contributed by atoms with Gasteiger partial charge in [-0.25, -0.2) is 4.98 Å². The summed E-state index contributed by atoms with van der Waals surface area (Å²) in [4.78, 5) is 6.58. The molecule has 2 rings (SSSR count). The smallest absolute Gasteiger partial charge is 0.127 e. The number of nitrogens with two attached hydrogens (primary N) is 1. The van der Waals surface area contributed by atoms with Crippen molar-refractivity contribution < 1.29 is 0 Å². The summed E-state index contributed by atoms with van der Waals surface area (Å²) in [6.07, 6.45) is 4.36. The molecule has 3 nitrogen and oxygen atoms in total. The molecule has 1 aliphatic rings. The molecule has 0 spiro atoms. The third-order valence-electron chi connectivity index (χ3n) is 3.20. The maximum atomic E-state index is 5.83. The van der Waals surface area contributed by atoms with E-state index in [0.29, 0.717) is 5.82 Å². The summed E-state index contributed by atoms with van der Waals surface area (Å²) in [7, 11) is 0. The molecule has 1 saturated heterocycles. The van der Waals surface area contributed by atoms with Gasteiger partial charge in [0.05, 0.1) is 0 Å². The number of rotatable bonds is 2. The van der Waals surface area contributed by atoms with Crippen LogP contribution in [0.25, 0.3) is 0 Å². The Balaban J connectivity index is 1.95. The number of aromatic nitrogens is 1. The van der Waals surface area contributed by atoms with Gasteiger partial charge in [-0.05, 0) is 37.9 Å². The van der Waals surface area contributed by atoms with Crippen LogP contribution in [-0.2, 0) is 6.54 Å². The lowest BCUT2D eigenvalue weighted by Gasteiger charge is -2.30. The lowest BCUT2D eigenvalue weighted by molar-refractivity contribution is 0.185. The van der Waals surface area contributed by atoms with Crippen LogP contribution >= 0.6 is 0 Å². The summed E-state index contributed by atoms with van der Waals surface area (Å²) in [6, 6.07) is 4.03. The van der Waals surface area contributed by atoms with Crippen LogP contribution in [0.1, 0.15) is 25.3 Å². The molecule has 1 aromatic rings. The lowest BCUT2D eigenvalue weighted by atomic mass is 9.99. The Kier molecular flexibility index (Phi) is 3.21. The number of nitrogens with zero attached hydrogens (tertiary/aromatic N) is 2. The minimum Gasteiger partial charge on any atom is -0.383 e. The Morgan fingerprint density at radius 2 is 2.20 bits per heavy atom. The third kappa shape index (κ3) is 2.69. The number of hydrogen-bond acceptors (Lipinski definition) is 3. The SMILES string of the molecule is CC1CCN(Cc2cccnc2N)CC1. The highest BCUT2D eigenvalue weighted by atomic mass is 15.1. The summed E-state index contributed by atoms with van der Waals surface area (Å²) in [5.74, 6) is 1.56. The molecule has 1 aliphatic heterocycles. The van der Waals surface area contributed by atoms with Gasteiger partial charge in [0.15, 0.2) is 0 Å². The molecule has 1 aromatic heterocycles. The summed E-state index contributed by atoms with van der Waals surface area (Å²) in [5, 5.41) is 0. The molecule has 2 N–H and O–H groups in total. The van der Waals surface area contributed by atoms with Gasteiger partial charge in [0.1, 0.15) is 5.82 Å². The molecule has 0 radical (unpaired) electrons. The minimum atomic E-state index is 0.677. The molecule has 0 amide bonds. The van der Waals surface area contributed by atoms with Crippen molar-refractivity contribution in [3.8, 4) is 0 Å². The molecule has 0 aromatic carbocycles. The highest BCUT2D eigenvalue weighted by Gasteiger charge is 2.16. The maximum Gasteiger partial charge on any atom is 0.127 e. The van der Waals surface area contributed by atoms with Crippen LogP contribution in [0.15, 0.2) is 18.3 Å². The van der Waals surface area contributed by atoms with E-state index >= 15 is 0 Å². The van der Waals surface area contributed by atoms with E-state index in [4.69, 9.17) is 5.73 Å². The first kappa shape index (κ1) is 10.4. The topological polar surface area (TPSA) is 42.2 Å². The monoisotopic (exact) mass is 205 g/mol. The first-order valence-corrected chi connectivity index (χ1v) is 5.67. The van der Waals surface area contributed by atoms with Crippen LogP contribution in [0.4, 0.5) is 5.82 Å². The Hall–Kier alpha value is -1.09. The van der Waals surface area contributed by atoms with E-state index in [1.165, 1.54) is 25.9 Å². The van der Waals surface area contributed by atoms with E-state index in [9.17, 15) is 0 Å². The highest BCUT2D eigenvalue weighted by molar-refractivity contribution is 5.38. The first-order chi connectivity index (χ1) is 7.25. The maximum absolute atomic E-state index is 5.83. The van der Waals surface area contributed by atoms with Crippen molar-refractivity contribution >= 4 is 5.82 Å². The van der Waals surface area contributed by atoms with Crippen molar-refractivity contribution in [2.24, 2.45) is 5.92 Å². The zero-order valence-electron chi connectivity index (χ0n) is 9.32. The van der Waals surface area contributed by atoms with Gasteiger partial charge >= 0.3 is 0 Å². The van der Waals surface area contributed by atoms with Crippen LogP contribution in [0.2, 0.25) is 0 Å². The molecule has 0 unspecified atom stereocenters. The molecule has 3 heteroatoms. The molecule has 0 bridgehead atoms. The van der Waals surface area contributed by atoms with Gasteiger partial charge in [0.25, 0.3) is 0 Å². The van der Waals surface area contributed by atoms with Gasteiger partial charge in [0, 0.05) is 18.3 Å². The summed E-state index contributed by atoms with van der Waals surface area (Å²) < 4.78 is 0. The fourth-order valence-corrected chi connectivity index (χ4v) is 2.05. The quantitative estimate of drug-likeness (QED) is 0.801. The fourth-order valence-electron chi connectivity index (χ4n) is 2.05.